The van der Waals surface area contributed by atoms with Crippen molar-refractivity contribution in [2.75, 3.05) is 7.11 Å². The molecule has 0 bridgehead atoms. The molecule has 18 heavy (non-hydrogen) atoms. The Morgan fingerprint density at radius 3 is 2.06 bits per heavy atom. The maximum Gasteiger partial charge on any atom is 0.313 e. The topological polar surface area (TPSA) is 52.3 Å². The Labute approximate surface area is 109 Å². The van der Waals surface area contributed by atoms with Crippen LogP contribution in [0, 0.1) is 26.2 Å². The Bertz CT molecular complexity index is 441. The van der Waals surface area contributed by atoms with Gasteiger partial charge < -0.3 is 10.5 Å². The fourth-order valence-electron chi connectivity index (χ4n) is 2.43. The Morgan fingerprint density at radius 1 is 1.22 bits per heavy atom. The van der Waals surface area contributed by atoms with Crippen molar-refractivity contribution in [3.63, 3.8) is 0 Å². The van der Waals surface area contributed by atoms with Crippen LogP contribution in [0.25, 0.3) is 0 Å². The fraction of sp³-hybridized carbons (Fsp3) is 0.533. The third-order valence-electron chi connectivity index (χ3n) is 3.54. The van der Waals surface area contributed by atoms with Crippen molar-refractivity contribution < 1.29 is 9.53 Å². The number of benzene rings is 1. The number of aryl methyl sites for hydroxylation is 3. The van der Waals surface area contributed by atoms with Crippen LogP contribution in [0.5, 0.6) is 0 Å². The highest BCUT2D eigenvalue weighted by molar-refractivity contribution is 5.77. The van der Waals surface area contributed by atoms with E-state index >= 15 is 0 Å². The van der Waals surface area contributed by atoms with Crippen LogP contribution >= 0.6 is 0 Å². The summed E-state index contributed by atoms with van der Waals surface area (Å²) < 4.78 is 4.84. The molecule has 0 amide bonds. The second-order valence-corrected chi connectivity index (χ2v) is 5.50. The molecule has 0 radical (unpaired) electrons. The lowest BCUT2D eigenvalue weighted by atomic mass is 9.78. The molecule has 0 aromatic heterocycles. The molecule has 1 aromatic carbocycles. The first-order valence-electron chi connectivity index (χ1n) is 6.13. The van der Waals surface area contributed by atoms with E-state index in [2.05, 4.69) is 19.1 Å². The molecule has 3 nitrogen and oxygen atoms in total. The normalized spacial score (nSPS) is 13.3. The van der Waals surface area contributed by atoms with Gasteiger partial charge in [0.1, 0.15) is 0 Å². The average molecular weight is 249 g/mol. The minimum absolute atomic E-state index is 0.283. The lowest BCUT2D eigenvalue weighted by Gasteiger charge is -2.31. The summed E-state index contributed by atoms with van der Waals surface area (Å²) >= 11 is 0. The number of methoxy groups -OCH3 is 1. The molecule has 0 aliphatic carbocycles. The molecule has 0 aliphatic rings. The number of hydrogen-bond acceptors (Lipinski definition) is 3. The van der Waals surface area contributed by atoms with E-state index in [0.29, 0.717) is 0 Å². The van der Waals surface area contributed by atoms with Crippen molar-refractivity contribution in [2.24, 2.45) is 11.1 Å². The largest absolute Gasteiger partial charge is 0.469 e. The van der Waals surface area contributed by atoms with Gasteiger partial charge in [0.2, 0.25) is 0 Å². The van der Waals surface area contributed by atoms with Crippen molar-refractivity contribution in [3.8, 4) is 0 Å². The predicted octanol–water partition coefficient (Wildman–Crippen LogP) is 2.81. The van der Waals surface area contributed by atoms with E-state index in [1.165, 1.54) is 12.7 Å². The lowest BCUT2D eigenvalue weighted by Crippen LogP contribution is -2.38. The molecule has 1 atom stereocenters. The summed E-state index contributed by atoms with van der Waals surface area (Å²) in [6, 6.07) is 3.82. The lowest BCUT2D eigenvalue weighted by molar-refractivity contribution is -0.152. The van der Waals surface area contributed by atoms with Gasteiger partial charge in [0, 0.05) is 6.04 Å². The Morgan fingerprint density at radius 2 is 1.67 bits per heavy atom. The Hall–Kier alpha value is -1.35. The van der Waals surface area contributed by atoms with Crippen LogP contribution in [0.15, 0.2) is 12.1 Å². The van der Waals surface area contributed by atoms with Crippen LogP contribution in [0.1, 0.15) is 42.1 Å². The van der Waals surface area contributed by atoms with Crippen molar-refractivity contribution in [2.45, 2.75) is 40.7 Å². The number of ether oxygens (including phenoxy) is 1. The number of rotatable bonds is 3. The summed E-state index contributed by atoms with van der Waals surface area (Å²) in [5.41, 5.74) is 10.1. The van der Waals surface area contributed by atoms with Gasteiger partial charge in [0.25, 0.3) is 0 Å². The molecule has 100 valence electrons. The minimum atomic E-state index is -0.737. The van der Waals surface area contributed by atoms with E-state index in [9.17, 15) is 4.79 Å². The van der Waals surface area contributed by atoms with E-state index in [0.717, 1.165) is 16.7 Å². The van der Waals surface area contributed by atoms with Gasteiger partial charge >= 0.3 is 5.97 Å². The molecule has 0 heterocycles. The molecule has 0 spiro atoms. The summed E-state index contributed by atoms with van der Waals surface area (Å²) in [5.74, 6) is -0.283. The Balaban J connectivity index is 3.27. The summed E-state index contributed by atoms with van der Waals surface area (Å²) in [6.07, 6.45) is 0. The third-order valence-corrected chi connectivity index (χ3v) is 3.54. The first kappa shape index (κ1) is 14.7. The second kappa shape index (κ2) is 5.11. The van der Waals surface area contributed by atoms with Gasteiger partial charge in [0.15, 0.2) is 0 Å². The van der Waals surface area contributed by atoms with E-state index in [4.69, 9.17) is 10.5 Å². The molecular formula is C15H23NO2. The molecule has 2 N–H and O–H groups in total. The monoisotopic (exact) mass is 249 g/mol. The van der Waals surface area contributed by atoms with Gasteiger partial charge in [0.05, 0.1) is 12.5 Å². The highest BCUT2D eigenvalue weighted by Crippen LogP contribution is 2.36. The van der Waals surface area contributed by atoms with E-state index in [1.54, 1.807) is 0 Å². The van der Waals surface area contributed by atoms with E-state index in [1.807, 2.05) is 27.7 Å². The molecule has 0 aliphatic heterocycles. The van der Waals surface area contributed by atoms with Gasteiger partial charge in [-0.05, 0) is 51.3 Å². The maximum absolute atomic E-state index is 11.8. The van der Waals surface area contributed by atoms with Crippen LogP contribution in [-0.2, 0) is 9.53 Å². The quantitative estimate of drug-likeness (QED) is 0.838. The summed E-state index contributed by atoms with van der Waals surface area (Å²) in [6.45, 7) is 9.76. The summed E-state index contributed by atoms with van der Waals surface area (Å²) in [5, 5.41) is 0. The van der Waals surface area contributed by atoms with Crippen molar-refractivity contribution in [3.05, 3.63) is 34.4 Å². The van der Waals surface area contributed by atoms with Gasteiger partial charge in [-0.1, -0.05) is 17.7 Å². The molecule has 1 unspecified atom stereocenters. The van der Waals surface area contributed by atoms with Crippen LogP contribution in [0.3, 0.4) is 0 Å². The third kappa shape index (κ3) is 2.56. The zero-order valence-corrected chi connectivity index (χ0v) is 12.1. The van der Waals surface area contributed by atoms with Crippen molar-refractivity contribution >= 4 is 5.97 Å². The Kier molecular flexibility index (Phi) is 4.17. The van der Waals surface area contributed by atoms with Gasteiger partial charge in [-0.25, -0.2) is 0 Å². The highest BCUT2D eigenvalue weighted by atomic mass is 16.5. The molecule has 0 saturated heterocycles. The zero-order chi connectivity index (χ0) is 14.1. The van der Waals surface area contributed by atoms with Crippen LogP contribution in [0.4, 0.5) is 0 Å². The van der Waals surface area contributed by atoms with Crippen molar-refractivity contribution in [1.82, 2.24) is 0 Å². The predicted molar refractivity (Wildman–Crippen MR) is 73.4 cm³/mol. The molecule has 0 saturated carbocycles. The second-order valence-electron chi connectivity index (χ2n) is 5.50. The van der Waals surface area contributed by atoms with Gasteiger partial charge in [-0.2, -0.15) is 0 Å². The van der Waals surface area contributed by atoms with Crippen molar-refractivity contribution in [1.29, 1.82) is 0 Å². The number of carbonyl (C=O) groups excluding carboxylic acids is 1. The molecular weight excluding hydrogens is 226 g/mol. The number of nitrogens with two attached hydrogens (primary N) is 1. The number of esters is 1. The van der Waals surface area contributed by atoms with E-state index in [-0.39, 0.29) is 12.0 Å². The molecule has 0 fully saturated rings. The minimum Gasteiger partial charge on any atom is -0.469 e. The molecule has 3 heteroatoms. The first-order valence-corrected chi connectivity index (χ1v) is 6.13. The highest BCUT2D eigenvalue weighted by Gasteiger charge is 2.37. The maximum atomic E-state index is 11.8. The molecule has 1 rings (SSSR count). The van der Waals surface area contributed by atoms with Crippen LogP contribution < -0.4 is 5.73 Å². The van der Waals surface area contributed by atoms with Gasteiger partial charge in [-0.15, -0.1) is 0 Å². The SMILES string of the molecule is COC(=O)C(C)(C)C(N)c1c(C)cc(C)cc1C. The van der Waals surface area contributed by atoms with Gasteiger partial charge in [-0.3, -0.25) is 4.79 Å². The standard InChI is InChI=1S/C15H23NO2/c1-9-7-10(2)12(11(3)8-9)13(16)15(4,5)14(17)18-6/h7-8,13H,16H2,1-6H3. The van der Waals surface area contributed by atoms with Crippen LogP contribution in [-0.4, -0.2) is 13.1 Å². The summed E-state index contributed by atoms with van der Waals surface area (Å²) in [7, 11) is 1.39. The first-order chi connectivity index (χ1) is 8.21. The number of carbonyl (C=O) groups is 1. The zero-order valence-electron chi connectivity index (χ0n) is 12.1. The molecule has 1 aromatic rings. The smallest absolute Gasteiger partial charge is 0.313 e. The summed E-state index contributed by atoms with van der Waals surface area (Å²) in [4.78, 5) is 11.8. The fourth-order valence-corrected chi connectivity index (χ4v) is 2.43. The van der Waals surface area contributed by atoms with E-state index < -0.39 is 5.41 Å². The number of hydrogen-bond donors (Lipinski definition) is 1. The average Bonchev–Trinajstić information content (AvgIpc) is 2.26. The van der Waals surface area contributed by atoms with Crippen LogP contribution in [0.2, 0.25) is 0 Å².